The van der Waals surface area contributed by atoms with Crippen molar-refractivity contribution in [1.29, 1.82) is 0 Å². The smallest absolute Gasteiger partial charge is 0.339 e. The molecule has 1 N–H and O–H groups in total. The quantitative estimate of drug-likeness (QED) is 0.571. The molecule has 29 heavy (non-hydrogen) atoms. The standard InChI is InChI=1S/C22H21NO5S/c1-2-27-20-13-6-7-14-21(20)28-29(25,26)19-12-8-11-18(15-19)22(24)23-16-17-9-4-3-5-10-17/h3-15H,2,16H2,1H3,(H,23,24). The molecule has 0 fully saturated rings. The van der Waals surface area contributed by atoms with Gasteiger partial charge in [0.2, 0.25) is 0 Å². The van der Waals surface area contributed by atoms with Gasteiger partial charge in [0, 0.05) is 12.1 Å². The van der Waals surface area contributed by atoms with E-state index < -0.39 is 10.1 Å². The molecule has 0 spiro atoms. The number of hydrogen-bond acceptors (Lipinski definition) is 5. The third kappa shape index (κ3) is 5.36. The first-order valence-electron chi connectivity index (χ1n) is 9.08. The zero-order valence-corrected chi connectivity index (χ0v) is 16.7. The number of carbonyl (C=O) groups is 1. The van der Waals surface area contributed by atoms with Crippen molar-refractivity contribution in [3.63, 3.8) is 0 Å². The highest BCUT2D eigenvalue weighted by Crippen LogP contribution is 2.29. The molecule has 0 aromatic heterocycles. The van der Waals surface area contributed by atoms with Crippen molar-refractivity contribution in [1.82, 2.24) is 5.32 Å². The number of amides is 1. The van der Waals surface area contributed by atoms with Gasteiger partial charge in [-0.25, -0.2) is 0 Å². The van der Waals surface area contributed by atoms with Crippen molar-refractivity contribution in [2.45, 2.75) is 18.4 Å². The fourth-order valence-electron chi connectivity index (χ4n) is 2.63. The van der Waals surface area contributed by atoms with Crippen molar-refractivity contribution in [3.05, 3.63) is 90.0 Å². The molecule has 3 aromatic rings. The number of rotatable bonds is 8. The van der Waals surface area contributed by atoms with E-state index in [1.54, 1.807) is 31.2 Å². The molecule has 1 amide bonds. The van der Waals surface area contributed by atoms with E-state index in [1.807, 2.05) is 30.3 Å². The second-order valence-electron chi connectivity index (χ2n) is 6.11. The van der Waals surface area contributed by atoms with Crippen LogP contribution in [0.2, 0.25) is 0 Å². The van der Waals surface area contributed by atoms with Crippen LogP contribution in [0.5, 0.6) is 11.5 Å². The minimum Gasteiger partial charge on any atom is -0.490 e. The zero-order valence-electron chi connectivity index (χ0n) is 15.9. The first-order valence-corrected chi connectivity index (χ1v) is 10.5. The van der Waals surface area contributed by atoms with Crippen LogP contribution in [0.1, 0.15) is 22.8 Å². The van der Waals surface area contributed by atoms with Crippen LogP contribution in [-0.2, 0) is 16.7 Å². The molecule has 0 aliphatic rings. The van der Waals surface area contributed by atoms with Crippen LogP contribution in [-0.4, -0.2) is 20.9 Å². The Morgan fingerprint density at radius 1 is 0.897 bits per heavy atom. The molecule has 150 valence electrons. The van der Waals surface area contributed by atoms with Crippen LogP contribution >= 0.6 is 0 Å². The van der Waals surface area contributed by atoms with Gasteiger partial charge in [-0.15, -0.1) is 0 Å². The van der Waals surface area contributed by atoms with Gasteiger partial charge < -0.3 is 14.2 Å². The molecule has 7 heteroatoms. The molecule has 0 bridgehead atoms. The molecule has 0 aliphatic carbocycles. The maximum atomic E-state index is 12.7. The van der Waals surface area contributed by atoms with Gasteiger partial charge in [-0.05, 0) is 42.8 Å². The van der Waals surface area contributed by atoms with E-state index >= 15 is 0 Å². The Morgan fingerprint density at radius 3 is 2.31 bits per heavy atom. The summed E-state index contributed by atoms with van der Waals surface area (Å²) in [5.41, 5.74) is 1.17. The first-order chi connectivity index (χ1) is 14.0. The highest BCUT2D eigenvalue weighted by Gasteiger charge is 2.20. The maximum absolute atomic E-state index is 12.7. The van der Waals surface area contributed by atoms with E-state index in [0.717, 1.165) is 5.56 Å². The lowest BCUT2D eigenvalue weighted by molar-refractivity contribution is 0.0950. The average Bonchev–Trinajstić information content (AvgIpc) is 2.74. The molecular weight excluding hydrogens is 390 g/mol. The van der Waals surface area contributed by atoms with Gasteiger partial charge >= 0.3 is 10.1 Å². The topological polar surface area (TPSA) is 81.7 Å². The second-order valence-corrected chi connectivity index (χ2v) is 7.66. The van der Waals surface area contributed by atoms with Crippen molar-refractivity contribution >= 4 is 16.0 Å². The molecular formula is C22H21NO5S. The van der Waals surface area contributed by atoms with Crippen LogP contribution in [0.25, 0.3) is 0 Å². The van der Waals surface area contributed by atoms with Crippen molar-refractivity contribution in [2.75, 3.05) is 6.61 Å². The van der Waals surface area contributed by atoms with Crippen LogP contribution < -0.4 is 14.2 Å². The van der Waals surface area contributed by atoms with E-state index in [9.17, 15) is 13.2 Å². The Balaban J connectivity index is 1.76. The highest BCUT2D eigenvalue weighted by molar-refractivity contribution is 7.87. The van der Waals surface area contributed by atoms with Gasteiger partial charge in [-0.3, -0.25) is 4.79 Å². The van der Waals surface area contributed by atoms with Gasteiger partial charge in [0.05, 0.1) is 6.61 Å². The third-order valence-electron chi connectivity index (χ3n) is 4.03. The van der Waals surface area contributed by atoms with E-state index in [1.165, 1.54) is 24.3 Å². The number of nitrogens with one attached hydrogen (secondary N) is 1. The summed E-state index contributed by atoms with van der Waals surface area (Å²) in [5, 5.41) is 2.77. The van der Waals surface area contributed by atoms with Gasteiger partial charge in [-0.2, -0.15) is 8.42 Å². The van der Waals surface area contributed by atoms with Gasteiger partial charge in [0.25, 0.3) is 5.91 Å². The molecule has 6 nitrogen and oxygen atoms in total. The first kappa shape index (κ1) is 20.4. The number of benzene rings is 3. The lowest BCUT2D eigenvalue weighted by Gasteiger charge is -2.12. The summed E-state index contributed by atoms with van der Waals surface area (Å²) in [6.07, 6.45) is 0. The molecule has 3 aromatic carbocycles. The lowest BCUT2D eigenvalue weighted by atomic mass is 10.2. The van der Waals surface area contributed by atoms with E-state index in [2.05, 4.69) is 5.32 Å². The SMILES string of the molecule is CCOc1ccccc1OS(=O)(=O)c1cccc(C(=O)NCc2ccccc2)c1. The van der Waals surface area contributed by atoms with Gasteiger partial charge in [-0.1, -0.05) is 48.5 Å². The number of ether oxygens (including phenoxy) is 1. The summed E-state index contributed by atoms with van der Waals surface area (Å²) in [6.45, 7) is 2.51. The Kier molecular flexibility index (Phi) is 6.51. The number of para-hydroxylation sites is 2. The average molecular weight is 411 g/mol. The van der Waals surface area contributed by atoms with Gasteiger partial charge in [0.15, 0.2) is 11.5 Å². The van der Waals surface area contributed by atoms with Crippen molar-refractivity contribution in [3.8, 4) is 11.5 Å². The fourth-order valence-corrected chi connectivity index (χ4v) is 3.62. The number of hydrogen-bond donors (Lipinski definition) is 1. The van der Waals surface area contributed by atoms with Gasteiger partial charge in [0.1, 0.15) is 4.90 Å². The highest BCUT2D eigenvalue weighted by atomic mass is 32.2. The molecule has 0 saturated heterocycles. The molecule has 0 saturated carbocycles. The summed E-state index contributed by atoms with van der Waals surface area (Å²) < 4.78 is 36.1. The minimum atomic E-state index is -4.14. The minimum absolute atomic E-state index is 0.0910. The fraction of sp³-hybridized carbons (Fsp3) is 0.136. The van der Waals surface area contributed by atoms with E-state index in [0.29, 0.717) is 18.9 Å². The summed E-state index contributed by atoms with van der Waals surface area (Å²) >= 11 is 0. The lowest BCUT2D eigenvalue weighted by Crippen LogP contribution is -2.23. The predicted molar refractivity (Wildman–Crippen MR) is 109 cm³/mol. The summed E-state index contributed by atoms with van der Waals surface area (Å²) in [6, 6.07) is 21.7. The molecule has 0 heterocycles. The molecule has 0 unspecified atom stereocenters. The van der Waals surface area contributed by atoms with Crippen LogP contribution in [0.4, 0.5) is 0 Å². The molecule has 0 aliphatic heterocycles. The molecule has 3 rings (SSSR count). The van der Waals surface area contributed by atoms with Crippen LogP contribution in [0, 0.1) is 0 Å². The van der Waals surface area contributed by atoms with Crippen LogP contribution in [0.3, 0.4) is 0 Å². The normalized spacial score (nSPS) is 10.9. The zero-order chi connectivity index (χ0) is 20.7. The Morgan fingerprint density at radius 2 is 1.59 bits per heavy atom. The summed E-state index contributed by atoms with van der Waals surface area (Å²) in [4.78, 5) is 12.3. The maximum Gasteiger partial charge on any atom is 0.339 e. The third-order valence-corrected chi connectivity index (χ3v) is 5.26. The molecule has 0 atom stereocenters. The van der Waals surface area contributed by atoms with E-state index in [4.69, 9.17) is 8.92 Å². The van der Waals surface area contributed by atoms with Crippen molar-refractivity contribution < 1.29 is 22.1 Å². The second kappa shape index (κ2) is 9.25. The summed E-state index contributed by atoms with van der Waals surface area (Å²) in [7, 11) is -4.14. The predicted octanol–water partition coefficient (Wildman–Crippen LogP) is 3.78. The Labute approximate surface area is 170 Å². The van der Waals surface area contributed by atoms with Crippen molar-refractivity contribution in [2.24, 2.45) is 0 Å². The van der Waals surface area contributed by atoms with E-state index in [-0.39, 0.29) is 22.1 Å². The monoisotopic (exact) mass is 411 g/mol. The summed E-state index contributed by atoms with van der Waals surface area (Å²) in [5.74, 6) is 0.0456. The Hall–Kier alpha value is -3.32. The number of carbonyl (C=O) groups excluding carboxylic acids is 1. The Bertz CT molecular complexity index is 1080. The van der Waals surface area contributed by atoms with Crippen LogP contribution in [0.15, 0.2) is 83.8 Å². The molecule has 0 radical (unpaired) electrons. The largest absolute Gasteiger partial charge is 0.490 e.